The van der Waals surface area contributed by atoms with E-state index in [1.165, 1.54) is 21.5 Å². The topological polar surface area (TPSA) is 88.1 Å². The molecule has 0 saturated heterocycles. The maximum absolute atomic E-state index is 11.0. The molecule has 7 heteroatoms. The van der Waals surface area contributed by atoms with Crippen LogP contribution in [0.3, 0.4) is 0 Å². The first-order valence-corrected chi connectivity index (χ1v) is 24.3. The Bertz CT molecular complexity index is 4250. The van der Waals surface area contributed by atoms with Crippen molar-refractivity contribution in [2.75, 3.05) is 0 Å². The summed E-state index contributed by atoms with van der Waals surface area (Å²) < 4.78 is 6.90. The lowest BCUT2D eigenvalue weighted by atomic mass is 9.93. The molecular weight excluding hydrogens is 891 g/mol. The molecule has 0 aliphatic carbocycles. The van der Waals surface area contributed by atoms with Crippen LogP contribution in [-0.2, 0) is 0 Å². The van der Waals surface area contributed by atoms with E-state index in [-0.39, 0.29) is 0 Å². The van der Waals surface area contributed by atoms with Gasteiger partial charge in [0, 0.05) is 71.6 Å². The highest BCUT2D eigenvalue weighted by atomic mass is 15.0. The van der Waals surface area contributed by atoms with Gasteiger partial charge in [0.2, 0.25) is 0 Å². The van der Waals surface area contributed by atoms with Crippen LogP contribution in [0.25, 0.3) is 128 Å². The fourth-order valence-electron chi connectivity index (χ4n) is 11.1. The van der Waals surface area contributed by atoms with Crippen molar-refractivity contribution in [1.29, 1.82) is 10.5 Å². The summed E-state index contributed by atoms with van der Waals surface area (Å²) in [6.45, 7) is 0. The van der Waals surface area contributed by atoms with Crippen LogP contribution in [0, 0.1) is 22.7 Å². The average molecular weight is 930 g/mol. The standard InChI is InChI=1S/C66H39N7/c67-40-46-35-50(36-47(41-68)65(46)44-29-27-43(28-30-44)58-39-57(42-15-3-1-4-16-42)69-66(70-58)45-17-5-2-6-18-45)73-63-33-31-48(71-59-23-11-7-19-51(59)52-20-8-12-24-60(52)71)37-55(63)56-38-49(32-34-64(56)73)72-61-25-13-9-21-53(61)54-22-10-14-26-62(54)72/h1-39H. The van der Waals surface area contributed by atoms with Gasteiger partial charge in [-0.3, -0.25) is 0 Å². The monoisotopic (exact) mass is 929 g/mol. The molecule has 0 aliphatic heterocycles. The molecule has 73 heavy (non-hydrogen) atoms. The van der Waals surface area contributed by atoms with Crippen molar-refractivity contribution in [2.24, 2.45) is 0 Å². The van der Waals surface area contributed by atoms with Crippen LogP contribution in [0.2, 0.25) is 0 Å². The first-order valence-electron chi connectivity index (χ1n) is 24.3. The van der Waals surface area contributed by atoms with Crippen LogP contribution in [0.4, 0.5) is 0 Å². The van der Waals surface area contributed by atoms with Gasteiger partial charge >= 0.3 is 0 Å². The van der Waals surface area contributed by atoms with Crippen LogP contribution >= 0.6 is 0 Å². The van der Waals surface area contributed by atoms with E-state index in [4.69, 9.17) is 9.97 Å². The molecule has 0 amide bonds. The van der Waals surface area contributed by atoms with Crippen LogP contribution < -0.4 is 0 Å². The Morgan fingerprint density at radius 1 is 0.288 bits per heavy atom. The summed E-state index contributed by atoms with van der Waals surface area (Å²) in [6.07, 6.45) is 0. The van der Waals surface area contributed by atoms with E-state index < -0.39 is 0 Å². The average Bonchev–Trinajstić information content (AvgIpc) is 4.10. The number of aromatic nitrogens is 5. The molecule has 0 radical (unpaired) electrons. The zero-order valence-corrected chi connectivity index (χ0v) is 39.1. The molecule has 0 spiro atoms. The minimum Gasteiger partial charge on any atom is -0.309 e. The smallest absolute Gasteiger partial charge is 0.160 e. The fourth-order valence-corrected chi connectivity index (χ4v) is 11.1. The zero-order valence-electron chi connectivity index (χ0n) is 39.1. The van der Waals surface area contributed by atoms with Crippen molar-refractivity contribution < 1.29 is 0 Å². The minimum atomic E-state index is 0.403. The fraction of sp³-hybridized carbons (Fsp3) is 0. The summed E-state index contributed by atoms with van der Waals surface area (Å²) in [5, 5.41) is 28.9. The van der Waals surface area contributed by atoms with Gasteiger partial charge in [-0.05, 0) is 84.4 Å². The summed E-state index contributed by atoms with van der Waals surface area (Å²) in [5.74, 6) is 0.631. The Labute approximate surface area is 419 Å². The van der Waals surface area contributed by atoms with Crippen LogP contribution in [0.15, 0.2) is 237 Å². The van der Waals surface area contributed by atoms with Crippen LogP contribution in [0.5, 0.6) is 0 Å². The van der Waals surface area contributed by atoms with Gasteiger partial charge < -0.3 is 13.7 Å². The third-order valence-corrected chi connectivity index (χ3v) is 14.3. The Morgan fingerprint density at radius 3 is 1.08 bits per heavy atom. The normalized spacial score (nSPS) is 11.5. The van der Waals surface area contributed by atoms with Gasteiger partial charge in [0.05, 0.1) is 67.8 Å². The van der Waals surface area contributed by atoms with Gasteiger partial charge in [-0.15, -0.1) is 0 Å². The second kappa shape index (κ2) is 16.7. The molecule has 0 atom stereocenters. The number of nitriles is 2. The van der Waals surface area contributed by atoms with Gasteiger partial charge in [-0.2, -0.15) is 10.5 Å². The molecule has 14 rings (SSSR count). The van der Waals surface area contributed by atoms with E-state index in [9.17, 15) is 10.5 Å². The zero-order chi connectivity index (χ0) is 48.6. The second-order valence-corrected chi connectivity index (χ2v) is 18.4. The summed E-state index contributed by atoms with van der Waals surface area (Å²) in [7, 11) is 0. The molecule has 0 unspecified atom stereocenters. The van der Waals surface area contributed by atoms with Crippen molar-refractivity contribution in [3.63, 3.8) is 0 Å². The predicted octanol–water partition coefficient (Wildman–Crippen LogP) is 16.2. The molecule has 14 aromatic rings. The molecule has 10 aromatic carbocycles. The van der Waals surface area contributed by atoms with Gasteiger partial charge in [-0.25, -0.2) is 9.97 Å². The number of rotatable bonds is 7. The maximum atomic E-state index is 11.0. The molecule has 7 nitrogen and oxygen atoms in total. The third-order valence-electron chi connectivity index (χ3n) is 14.3. The van der Waals surface area contributed by atoms with E-state index >= 15 is 0 Å². The predicted molar refractivity (Wildman–Crippen MR) is 296 cm³/mol. The summed E-state index contributed by atoms with van der Waals surface area (Å²) in [4.78, 5) is 10.00. The molecule has 0 N–H and O–H groups in total. The first-order chi connectivity index (χ1) is 36.1. The van der Waals surface area contributed by atoms with E-state index in [1.807, 2.05) is 103 Å². The van der Waals surface area contributed by atoms with Gasteiger partial charge in [0.25, 0.3) is 0 Å². The Kier molecular flexibility index (Phi) is 9.50. The highest BCUT2D eigenvalue weighted by molar-refractivity contribution is 6.14. The Morgan fingerprint density at radius 2 is 0.644 bits per heavy atom. The number of hydrogen-bond acceptors (Lipinski definition) is 4. The van der Waals surface area contributed by atoms with Crippen molar-refractivity contribution in [2.45, 2.75) is 0 Å². The largest absolute Gasteiger partial charge is 0.309 e. The summed E-state index contributed by atoms with van der Waals surface area (Å²) >= 11 is 0. The quantitative estimate of drug-likeness (QED) is 0.159. The van der Waals surface area contributed by atoms with E-state index in [0.29, 0.717) is 22.5 Å². The van der Waals surface area contributed by atoms with Crippen molar-refractivity contribution in [3.05, 3.63) is 248 Å². The third kappa shape index (κ3) is 6.65. The molecule has 4 heterocycles. The lowest BCUT2D eigenvalue weighted by molar-refractivity contribution is 1.16. The van der Waals surface area contributed by atoms with Gasteiger partial charge in [0.1, 0.15) is 0 Å². The highest BCUT2D eigenvalue weighted by Gasteiger charge is 2.22. The van der Waals surface area contributed by atoms with Gasteiger partial charge in [0.15, 0.2) is 5.82 Å². The van der Waals surface area contributed by atoms with Crippen LogP contribution in [0.1, 0.15) is 11.1 Å². The first kappa shape index (κ1) is 41.6. The maximum Gasteiger partial charge on any atom is 0.160 e. The highest BCUT2D eigenvalue weighted by Crippen LogP contribution is 2.41. The molecule has 0 aliphatic rings. The van der Waals surface area contributed by atoms with Crippen molar-refractivity contribution >= 4 is 65.4 Å². The Balaban J connectivity index is 0.941. The molecule has 0 fully saturated rings. The number of nitrogens with zero attached hydrogens (tertiary/aromatic N) is 7. The second-order valence-electron chi connectivity index (χ2n) is 18.4. The molecule has 0 bridgehead atoms. The van der Waals surface area contributed by atoms with E-state index in [1.54, 1.807) is 0 Å². The molecule has 0 saturated carbocycles. The molecule has 4 aromatic heterocycles. The van der Waals surface area contributed by atoms with E-state index in [2.05, 4.69) is 159 Å². The summed E-state index contributed by atoms with van der Waals surface area (Å²) in [6, 6.07) is 86.5. The lowest BCUT2D eigenvalue weighted by Crippen LogP contribution is -2.00. The molecule has 338 valence electrons. The SMILES string of the molecule is N#Cc1cc(-n2c3ccc(-n4c5ccccc5c5ccccc54)cc3c3cc(-n4c5ccccc5c5ccccc54)ccc32)cc(C#N)c1-c1ccc(-c2cc(-c3ccccc3)nc(-c3ccccc3)n2)cc1. The molecular formula is C66H39N7. The number of benzene rings is 10. The number of fused-ring (bicyclic) bond motifs is 9. The summed E-state index contributed by atoms with van der Waals surface area (Å²) in [5.41, 5.74) is 15.8. The van der Waals surface area contributed by atoms with Crippen molar-refractivity contribution in [1.82, 2.24) is 23.7 Å². The minimum absolute atomic E-state index is 0.403. The van der Waals surface area contributed by atoms with Crippen LogP contribution in [-0.4, -0.2) is 23.7 Å². The van der Waals surface area contributed by atoms with Gasteiger partial charge in [-0.1, -0.05) is 158 Å². The van der Waals surface area contributed by atoms with Crippen molar-refractivity contribution in [3.8, 4) is 74.2 Å². The number of para-hydroxylation sites is 4. The Hall–Kier alpha value is -10.3. The lowest BCUT2D eigenvalue weighted by Gasteiger charge is -2.14. The number of hydrogen-bond donors (Lipinski definition) is 0. The van der Waals surface area contributed by atoms with E-state index in [0.717, 1.165) is 94.6 Å².